The van der Waals surface area contributed by atoms with Crippen LogP contribution in [0.15, 0.2) is 30.5 Å². The molecule has 6 heteroatoms. The van der Waals surface area contributed by atoms with Crippen LogP contribution in [0, 0.1) is 13.8 Å². The molecule has 0 spiro atoms. The minimum absolute atomic E-state index is 0.0403. The summed E-state index contributed by atoms with van der Waals surface area (Å²) in [6.45, 7) is 6.77. The molecular weight excluding hydrogens is 304 g/mol. The van der Waals surface area contributed by atoms with Gasteiger partial charge in [-0.2, -0.15) is 5.10 Å². The van der Waals surface area contributed by atoms with Crippen LogP contribution in [0.1, 0.15) is 18.3 Å². The molecule has 0 aliphatic rings. The fourth-order valence-electron chi connectivity index (χ4n) is 2.85. The molecule has 24 heavy (non-hydrogen) atoms. The number of hydrogen-bond donors (Lipinski definition) is 1. The fourth-order valence-corrected chi connectivity index (χ4v) is 2.85. The molecule has 0 radical (unpaired) electrons. The molecular formula is C18H22N4O2. The van der Waals surface area contributed by atoms with E-state index in [2.05, 4.69) is 21.9 Å². The van der Waals surface area contributed by atoms with Crippen molar-refractivity contribution in [3.05, 3.63) is 41.9 Å². The predicted octanol–water partition coefficient (Wildman–Crippen LogP) is 3.03. The van der Waals surface area contributed by atoms with Crippen molar-refractivity contribution >= 4 is 22.5 Å². The van der Waals surface area contributed by atoms with E-state index in [9.17, 15) is 4.79 Å². The van der Waals surface area contributed by atoms with E-state index < -0.39 is 0 Å². The standard InChI is InChI=1S/C18H22N4O2/c1-5-22-9-8-14-10-15(6-7-16(14)22)19-17(23)11-24-18-12(2)20-21(4)13(18)3/h6-10H,5,11H2,1-4H3,(H,19,23). The number of carbonyl (C=O) groups excluding carboxylic acids is 1. The number of fused-ring (bicyclic) bond motifs is 1. The second kappa shape index (κ2) is 6.39. The van der Waals surface area contributed by atoms with Gasteiger partial charge in [-0.05, 0) is 45.0 Å². The molecule has 0 atom stereocenters. The molecule has 0 aliphatic heterocycles. The summed E-state index contributed by atoms with van der Waals surface area (Å²) < 4.78 is 9.54. The van der Waals surface area contributed by atoms with Crippen molar-refractivity contribution in [3.8, 4) is 5.75 Å². The Morgan fingerprint density at radius 3 is 2.75 bits per heavy atom. The molecule has 3 rings (SSSR count). The van der Waals surface area contributed by atoms with Crippen LogP contribution in [0.3, 0.4) is 0 Å². The van der Waals surface area contributed by atoms with Crippen molar-refractivity contribution in [3.63, 3.8) is 0 Å². The molecule has 0 unspecified atom stereocenters. The zero-order valence-corrected chi connectivity index (χ0v) is 14.5. The van der Waals surface area contributed by atoms with Gasteiger partial charge >= 0.3 is 0 Å². The summed E-state index contributed by atoms with van der Waals surface area (Å²) >= 11 is 0. The summed E-state index contributed by atoms with van der Waals surface area (Å²) in [5.41, 5.74) is 3.62. The van der Waals surface area contributed by atoms with Gasteiger partial charge in [0.25, 0.3) is 5.91 Å². The minimum Gasteiger partial charge on any atom is -0.480 e. The Morgan fingerprint density at radius 1 is 1.29 bits per heavy atom. The van der Waals surface area contributed by atoms with Crippen molar-refractivity contribution in [2.45, 2.75) is 27.3 Å². The lowest BCUT2D eigenvalue weighted by Crippen LogP contribution is -2.20. The third kappa shape index (κ3) is 2.99. The van der Waals surface area contributed by atoms with Gasteiger partial charge in [-0.25, -0.2) is 0 Å². The number of aryl methyl sites for hydroxylation is 3. The van der Waals surface area contributed by atoms with E-state index in [0.717, 1.165) is 34.5 Å². The number of rotatable bonds is 5. The van der Waals surface area contributed by atoms with E-state index in [0.29, 0.717) is 5.75 Å². The Kier molecular flexibility index (Phi) is 4.29. The molecule has 3 aromatic rings. The fraction of sp³-hybridized carbons (Fsp3) is 0.333. The predicted molar refractivity (Wildman–Crippen MR) is 94.4 cm³/mol. The maximum absolute atomic E-state index is 12.1. The largest absolute Gasteiger partial charge is 0.480 e. The van der Waals surface area contributed by atoms with Gasteiger partial charge in [-0.1, -0.05) is 0 Å². The lowest BCUT2D eigenvalue weighted by Gasteiger charge is -2.08. The van der Waals surface area contributed by atoms with Crippen LogP contribution in [0.25, 0.3) is 10.9 Å². The maximum Gasteiger partial charge on any atom is 0.262 e. The molecule has 1 aromatic carbocycles. The van der Waals surface area contributed by atoms with E-state index in [1.54, 1.807) is 4.68 Å². The quantitative estimate of drug-likeness (QED) is 0.784. The average molecular weight is 326 g/mol. The van der Waals surface area contributed by atoms with Crippen LogP contribution in [-0.2, 0) is 18.4 Å². The van der Waals surface area contributed by atoms with Crippen molar-refractivity contribution in [2.24, 2.45) is 7.05 Å². The third-order valence-electron chi connectivity index (χ3n) is 4.19. The van der Waals surface area contributed by atoms with Gasteiger partial charge < -0.3 is 14.6 Å². The number of hydrogen-bond acceptors (Lipinski definition) is 3. The molecule has 1 N–H and O–H groups in total. The van der Waals surface area contributed by atoms with Crippen LogP contribution in [-0.4, -0.2) is 26.9 Å². The molecule has 6 nitrogen and oxygen atoms in total. The second-order valence-corrected chi connectivity index (χ2v) is 5.84. The Labute approximate surface area is 141 Å². The number of benzene rings is 1. The highest BCUT2D eigenvalue weighted by molar-refractivity contribution is 5.94. The lowest BCUT2D eigenvalue weighted by atomic mass is 10.2. The molecule has 2 aromatic heterocycles. The molecule has 2 heterocycles. The molecule has 0 bridgehead atoms. The number of carbonyl (C=O) groups is 1. The Hall–Kier alpha value is -2.76. The number of aromatic nitrogens is 3. The van der Waals surface area contributed by atoms with E-state index in [1.165, 1.54) is 0 Å². The molecule has 0 aliphatic carbocycles. The van der Waals surface area contributed by atoms with Gasteiger partial charge in [0.15, 0.2) is 12.4 Å². The van der Waals surface area contributed by atoms with Crippen LogP contribution in [0.4, 0.5) is 5.69 Å². The lowest BCUT2D eigenvalue weighted by molar-refractivity contribution is -0.118. The summed E-state index contributed by atoms with van der Waals surface area (Å²) in [5, 5.41) is 8.26. The summed E-state index contributed by atoms with van der Waals surface area (Å²) in [4.78, 5) is 12.1. The second-order valence-electron chi connectivity index (χ2n) is 5.84. The van der Waals surface area contributed by atoms with Gasteiger partial charge in [0.1, 0.15) is 5.69 Å². The first-order valence-corrected chi connectivity index (χ1v) is 8.01. The maximum atomic E-state index is 12.1. The Morgan fingerprint density at radius 2 is 2.08 bits per heavy atom. The minimum atomic E-state index is -0.188. The Balaban J connectivity index is 1.66. The van der Waals surface area contributed by atoms with Crippen molar-refractivity contribution in [1.82, 2.24) is 14.3 Å². The SMILES string of the molecule is CCn1ccc2cc(NC(=O)COc3c(C)nn(C)c3C)ccc21. The van der Waals surface area contributed by atoms with E-state index >= 15 is 0 Å². The van der Waals surface area contributed by atoms with Crippen molar-refractivity contribution in [2.75, 3.05) is 11.9 Å². The first-order chi connectivity index (χ1) is 11.5. The monoisotopic (exact) mass is 326 g/mol. The van der Waals surface area contributed by atoms with Gasteiger partial charge in [-0.3, -0.25) is 9.48 Å². The van der Waals surface area contributed by atoms with Crippen LogP contribution >= 0.6 is 0 Å². The first-order valence-electron chi connectivity index (χ1n) is 8.01. The van der Waals surface area contributed by atoms with Crippen LogP contribution in [0.2, 0.25) is 0 Å². The summed E-state index contributed by atoms with van der Waals surface area (Å²) in [5.74, 6) is 0.482. The van der Waals surface area contributed by atoms with Gasteiger partial charge in [0, 0.05) is 36.4 Å². The normalized spacial score (nSPS) is 11.0. The number of amides is 1. The molecule has 0 fully saturated rings. The van der Waals surface area contributed by atoms with Gasteiger partial charge in [0.2, 0.25) is 0 Å². The highest BCUT2D eigenvalue weighted by Crippen LogP contribution is 2.22. The highest BCUT2D eigenvalue weighted by atomic mass is 16.5. The number of ether oxygens (including phenoxy) is 1. The number of anilines is 1. The smallest absolute Gasteiger partial charge is 0.262 e. The number of nitrogens with zero attached hydrogens (tertiary/aromatic N) is 3. The Bertz CT molecular complexity index is 892. The zero-order chi connectivity index (χ0) is 17.3. The van der Waals surface area contributed by atoms with E-state index in [-0.39, 0.29) is 12.5 Å². The zero-order valence-electron chi connectivity index (χ0n) is 14.5. The van der Waals surface area contributed by atoms with Crippen molar-refractivity contribution in [1.29, 1.82) is 0 Å². The van der Waals surface area contributed by atoms with E-state index in [1.807, 2.05) is 51.4 Å². The highest BCUT2D eigenvalue weighted by Gasteiger charge is 2.13. The molecule has 0 saturated heterocycles. The van der Waals surface area contributed by atoms with Crippen molar-refractivity contribution < 1.29 is 9.53 Å². The molecule has 0 saturated carbocycles. The molecule has 126 valence electrons. The first kappa shape index (κ1) is 16.1. The van der Waals surface area contributed by atoms with Crippen LogP contribution < -0.4 is 10.1 Å². The summed E-state index contributed by atoms with van der Waals surface area (Å²) in [7, 11) is 1.85. The number of nitrogens with one attached hydrogen (secondary N) is 1. The average Bonchev–Trinajstić information content (AvgIpc) is 3.06. The van der Waals surface area contributed by atoms with Gasteiger partial charge in [0.05, 0.1) is 5.69 Å². The van der Waals surface area contributed by atoms with Gasteiger partial charge in [-0.15, -0.1) is 0 Å². The van der Waals surface area contributed by atoms with E-state index in [4.69, 9.17) is 4.74 Å². The topological polar surface area (TPSA) is 61.1 Å². The summed E-state index contributed by atoms with van der Waals surface area (Å²) in [6.07, 6.45) is 2.05. The molecule has 1 amide bonds. The third-order valence-corrected chi connectivity index (χ3v) is 4.19. The van der Waals surface area contributed by atoms with Crippen LogP contribution in [0.5, 0.6) is 5.75 Å². The summed E-state index contributed by atoms with van der Waals surface area (Å²) in [6, 6.07) is 7.95.